The van der Waals surface area contributed by atoms with E-state index in [4.69, 9.17) is 21.1 Å². The van der Waals surface area contributed by atoms with E-state index in [-0.39, 0.29) is 5.91 Å². The maximum Gasteiger partial charge on any atom is 0.263 e. The first-order valence-electron chi connectivity index (χ1n) is 9.68. The fraction of sp³-hybridized carbons (Fsp3) is 0.409. The van der Waals surface area contributed by atoms with Crippen molar-refractivity contribution < 1.29 is 14.3 Å². The normalized spacial score (nSPS) is 15.3. The minimum atomic E-state index is -0.540. The number of benzene rings is 2. The molecule has 0 bridgehead atoms. The van der Waals surface area contributed by atoms with Crippen molar-refractivity contribution in [1.82, 2.24) is 4.90 Å². The van der Waals surface area contributed by atoms with Crippen LogP contribution in [0.3, 0.4) is 0 Å². The van der Waals surface area contributed by atoms with Crippen LogP contribution >= 0.6 is 11.6 Å². The number of piperazine rings is 1. The maximum absolute atomic E-state index is 12.8. The van der Waals surface area contributed by atoms with E-state index in [2.05, 4.69) is 11.0 Å². The van der Waals surface area contributed by atoms with E-state index >= 15 is 0 Å². The lowest BCUT2D eigenvalue weighted by atomic mass is 10.2. The van der Waals surface area contributed by atoms with Crippen molar-refractivity contribution in [2.75, 3.05) is 37.7 Å². The summed E-state index contributed by atoms with van der Waals surface area (Å²) in [6.45, 7) is 9.19. The fourth-order valence-corrected chi connectivity index (χ4v) is 3.63. The molecular weight excluding hydrogens is 376 g/mol. The lowest BCUT2D eigenvalue weighted by Crippen LogP contribution is -2.52. The molecule has 3 rings (SSSR count). The number of halogens is 1. The van der Waals surface area contributed by atoms with Crippen LogP contribution in [0.25, 0.3) is 0 Å². The van der Waals surface area contributed by atoms with Gasteiger partial charge in [-0.2, -0.15) is 0 Å². The number of hydrogen-bond acceptors (Lipinski definition) is 4. The Balaban J connectivity index is 1.59. The molecule has 0 N–H and O–H groups in total. The Morgan fingerprint density at radius 2 is 1.82 bits per heavy atom. The summed E-state index contributed by atoms with van der Waals surface area (Å²) in [5.74, 6) is 1.58. The molecule has 0 radical (unpaired) electrons. The zero-order valence-corrected chi connectivity index (χ0v) is 17.4. The minimum absolute atomic E-state index is 0.00657. The predicted molar refractivity (Wildman–Crippen MR) is 113 cm³/mol. The van der Waals surface area contributed by atoms with Gasteiger partial charge in [0.15, 0.2) is 6.10 Å². The summed E-state index contributed by atoms with van der Waals surface area (Å²) in [6, 6.07) is 13.5. The average Bonchev–Trinajstić information content (AvgIpc) is 2.70. The topological polar surface area (TPSA) is 42.0 Å². The summed E-state index contributed by atoms with van der Waals surface area (Å²) in [5.41, 5.74) is 2.00. The molecule has 0 spiro atoms. The van der Waals surface area contributed by atoms with E-state index < -0.39 is 6.10 Å². The first kappa shape index (κ1) is 20.3. The predicted octanol–water partition coefficient (Wildman–Crippen LogP) is 4.16. The first-order valence-corrected chi connectivity index (χ1v) is 10.1. The second-order valence-corrected chi connectivity index (χ2v) is 7.32. The van der Waals surface area contributed by atoms with Gasteiger partial charge in [-0.15, -0.1) is 0 Å². The molecular formula is C22H27ClN2O3. The van der Waals surface area contributed by atoms with Crippen molar-refractivity contribution in [1.29, 1.82) is 0 Å². The summed E-state index contributed by atoms with van der Waals surface area (Å²) in [4.78, 5) is 17.0. The van der Waals surface area contributed by atoms with E-state index in [1.165, 1.54) is 0 Å². The summed E-state index contributed by atoms with van der Waals surface area (Å²) in [5, 5.41) is 0.660. The number of nitrogens with zero attached hydrogens (tertiary/aromatic N) is 2. The van der Waals surface area contributed by atoms with Crippen molar-refractivity contribution in [2.45, 2.75) is 26.9 Å². The molecule has 1 heterocycles. The zero-order valence-electron chi connectivity index (χ0n) is 16.7. The minimum Gasteiger partial charge on any atom is -0.492 e. The Bertz CT molecular complexity index is 819. The van der Waals surface area contributed by atoms with E-state index in [1.54, 1.807) is 13.0 Å². The van der Waals surface area contributed by atoms with Gasteiger partial charge in [0.05, 0.1) is 12.3 Å². The molecule has 1 fully saturated rings. The van der Waals surface area contributed by atoms with E-state index in [1.807, 2.05) is 49.1 Å². The van der Waals surface area contributed by atoms with Crippen LogP contribution in [0.4, 0.5) is 5.69 Å². The molecule has 0 aliphatic carbocycles. The van der Waals surface area contributed by atoms with Crippen LogP contribution in [0.5, 0.6) is 11.5 Å². The monoisotopic (exact) mass is 402 g/mol. The third kappa shape index (κ3) is 4.71. The Kier molecular flexibility index (Phi) is 6.68. The second kappa shape index (κ2) is 9.20. The number of ether oxygens (including phenoxy) is 2. The van der Waals surface area contributed by atoms with Gasteiger partial charge in [-0.25, -0.2) is 0 Å². The van der Waals surface area contributed by atoms with Crippen molar-refractivity contribution in [3.63, 3.8) is 0 Å². The van der Waals surface area contributed by atoms with Gasteiger partial charge in [0.1, 0.15) is 11.5 Å². The number of anilines is 1. The molecule has 1 amide bonds. The van der Waals surface area contributed by atoms with Gasteiger partial charge in [0.25, 0.3) is 5.91 Å². The Labute approximate surface area is 171 Å². The Hall–Kier alpha value is -2.40. The summed E-state index contributed by atoms with van der Waals surface area (Å²) in [7, 11) is 0. The molecule has 28 heavy (non-hydrogen) atoms. The quantitative estimate of drug-likeness (QED) is 0.727. The molecule has 1 atom stereocenters. The van der Waals surface area contributed by atoms with Crippen molar-refractivity contribution in [3.8, 4) is 11.5 Å². The number of carbonyl (C=O) groups is 1. The van der Waals surface area contributed by atoms with E-state index in [0.717, 1.165) is 30.1 Å². The smallest absolute Gasteiger partial charge is 0.263 e. The standard InChI is InChI=1S/C22H27ClN2O3/c1-4-27-21-8-6-5-7-19(21)24-11-13-25(14-12-24)22(26)17(3)28-20-10-9-18(23)15-16(20)2/h5-10,15,17H,4,11-14H2,1-3H3/t17-/m1/s1. The number of hydrogen-bond donors (Lipinski definition) is 0. The van der Waals surface area contributed by atoms with Gasteiger partial charge in [-0.3, -0.25) is 4.79 Å². The molecule has 5 nitrogen and oxygen atoms in total. The molecule has 6 heteroatoms. The van der Waals surface area contributed by atoms with Crippen molar-refractivity contribution in [3.05, 3.63) is 53.1 Å². The highest BCUT2D eigenvalue weighted by atomic mass is 35.5. The van der Waals surface area contributed by atoms with Gasteiger partial charge in [-0.1, -0.05) is 23.7 Å². The van der Waals surface area contributed by atoms with Crippen molar-refractivity contribution in [2.24, 2.45) is 0 Å². The highest BCUT2D eigenvalue weighted by Gasteiger charge is 2.27. The van der Waals surface area contributed by atoms with Crippen LogP contribution in [-0.4, -0.2) is 49.7 Å². The fourth-order valence-electron chi connectivity index (χ4n) is 3.41. The number of carbonyl (C=O) groups excluding carboxylic acids is 1. The molecule has 150 valence electrons. The maximum atomic E-state index is 12.8. The van der Waals surface area contributed by atoms with Crippen LogP contribution in [0.2, 0.25) is 5.02 Å². The molecule has 1 aliphatic rings. The number of amides is 1. The van der Waals surface area contributed by atoms with Gasteiger partial charge in [0, 0.05) is 31.2 Å². The molecule has 0 unspecified atom stereocenters. The summed E-state index contributed by atoms with van der Waals surface area (Å²) >= 11 is 5.99. The van der Waals surface area contributed by atoms with E-state index in [0.29, 0.717) is 30.5 Å². The van der Waals surface area contributed by atoms with Gasteiger partial charge >= 0.3 is 0 Å². The van der Waals surface area contributed by atoms with Crippen LogP contribution in [0.15, 0.2) is 42.5 Å². The highest BCUT2D eigenvalue weighted by molar-refractivity contribution is 6.30. The summed E-state index contributed by atoms with van der Waals surface area (Å²) < 4.78 is 11.6. The van der Waals surface area contributed by atoms with Crippen LogP contribution in [-0.2, 0) is 4.79 Å². The molecule has 2 aromatic rings. The first-order chi connectivity index (χ1) is 13.5. The molecule has 0 aromatic heterocycles. The van der Waals surface area contributed by atoms with Crippen molar-refractivity contribution >= 4 is 23.2 Å². The average molecular weight is 403 g/mol. The molecule has 2 aromatic carbocycles. The zero-order chi connectivity index (χ0) is 20.1. The third-order valence-electron chi connectivity index (χ3n) is 4.89. The lowest BCUT2D eigenvalue weighted by Gasteiger charge is -2.37. The summed E-state index contributed by atoms with van der Waals surface area (Å²) in [6.07, 6.45) is -0.540. The van der Waals surface area contributed by atoms with Crippen LogP contribution < -0.4 is 14.4 Å². The second-order valence-electron chi connectivity index (χ2n) is 6.88. The van der Waals surface area contributed by atoms with Gasteiger partial charge in [-0.05, 0) is 56.7 Å². The highest BCUT2D eigenvalue weighted by Crippen LogP contribution is 2.29. The van der Waals surface area contributed by atoms with Crippen LogP contribution in [0, 0.1) is 6.92 Å². The third-order valence-corrected chi connectivity index (χ3v) is 5.12. The number of para-hydroxylation sites is 2. The Morgan fingerprint density at radius 1 is 1.11 bits per heavy atom. The lowest BCUT2D eigenvalue weighted by molar-refractivity contribution is -0.138. The number of aryl methyl sites for hydroxylation is 1. The van der Waals surface area contributed by atoms with Gasteiger partial charge in [0.2, 0.25) is 0 Å². The molecule has 1 aliphatic heterocycles. The largest absolute Gasteiger partial charge is 0.492 e. The van der Waals surface area contributed by atoms with Crippen LogP contribution in [0.1, 0.15) is 19.4 Å². The van der Waals surface area contributed by atoms with E-state index in [9.17, 15) is 4.79 Å². The molecule has 0 saturated carbocycles. The number of rotatable bonds is 6. The molecule has 1 saturated heterocycles. The van der Waals surface area contributed by atoms with Gasteiger partial charge < -0.3 is 19.3 Å². The Morgan fingerprint density at radius 3 is 2.50 bits per heavy atom. The SMILES string of the molecule is CCOc1ccccc1N1CCN(C(=O)[C@@H](C)Oc2ccc(Cl)cc2C)CC1.